The summed E-state index contributed by atoms with van der Waals surface area (Å²) in [7, 11) is 0. The molecule has 0 aliphatic heterocycles. The summed E-state index contributed by atoms with van der Waals surface area (Å²) in [5.74, 6) is 0. The van der Waals surface area contributed by atoms with Gasteiger partial charge in [0.15, 0.2) is 0 Å². The summed E-state index contributed by atoms with van der Waals surface area (Å²) >= 11 is 0. The van der Waals surface area contributed by atoms with Crippen LogP contribution in [-0.4, -0.2) is 9.97 Å². The molecule has 1 aromatic heterocycles. The first-order chi connectivity index (χ1) is 2.50. The quantitative estimate of drug-likeness (QED) is 0.602. The van der Waals surface area contributed by atoms with Gasteiger partial charge in [-0.2, -0.15) is 0 Å². The Balaban J connectivity index is 0. The number of hydrogen-bond acceptors (Lipinski definition) is 1. The number of aromatic amines is 1. The van der Waals surface area contributed by atoms with Crippen molar-refractivity contribution in [3.63, 3.8) is 0 Å². The van der Waals surface area contributed by atoms with Crippen LogP contribution in [0.4, 0.5) is 0 Å². The Morgan fingerprint density at radius 2 is 2.00 bits per heavy atom. The molecule has 0 amide bonds. The molecule has 1 aromatic rings. The minimum atomic E-state index is 0. The molecule has 1 rings (SSSR count). The maximum atomic E-state index is 3.67. The van der Waals surface area contributed by atoms with Crippen molar-refractivity contribution in [1.29, 1.82) is 0 Å². The van der Waals surface area contributed by atoms with Crippen LogP contribution in [-0.2, 0) is 39.0 Å². The Bertz CT molecular complexity index is 67.4. The van der Waals surface area contributed by atoms with Gasteiger partial charge in [-0.1, -0.05) is 0 Å². The molecule has 0 atom stereocenters. The van der Waals surface area contributed by atoms with Crippen molar-refractivity contribution in [2.24, 2.45) is 0 Å². The molecule has 1 heterocycles. The molecular formula is C3H4N2Zn2. The molecule has 0 saturated heterocycles. The molecule has 0 saturated carbocycles. The number of nitrogens with one attached hydrogen (secondary N) is 1. The second kappa shape index (κ2) is 6.46. The first-order valence-corrected chi connectivity index (χ1v) is 1.43. The molecule has 2 nitrogen and oxygen atoms in total. The van der Waals surface area contributed by atoms with Gasteiger partial charge >= 0.3 is 0 Å². The zero-order valence-corrected chi connectivity index (χ0v) is 10.0. The first kappa shape index (κ1) is 10.4. The van der Waals surface area contributed by atoms with E-state index in [1.54, 1.807) is 18.7 Å². The molecule has 4 heteroatoms. The Labute approximate surface area is 67.6 Å². The van der Waals surface area contributed by atoms with Crippen molar-refractivity contribution in [2.45, 2.75) is 0 Å². The van der Waals surface area contributed by atoms with E-state index in [9.17, 15) is 0 Å². The summed E-state index contributed by atoms with van der Waals surface area (Å²) in [5.41, 5.74) is 0. The van der Waals surface area contributed by atoms with Crippen molar-refractivity contribution < 1.29 is 39.0 Å². The van der Waals surface area contributed by atoms with Gasteiger partial charge in [0.25, 0.3) is 0 Å². The van der Waals surface area contributed by atoms with Crippen molar-refractivity contribution >= 4 is 0 Å². The average molecular weight is 199 g/mol. The average Bonchev–Trinajstić information content (AvgIpc) is 1.76. The molecule has 7 heavy (non-hydrogen) atoms. The zero-order chi connectivity index (χ0) is 3.54. The zero-order valence-electron chi connectivity index (χ0n) is 4.09. The number of H-pyrrole nitrogens is 1. The van der Waals surface area contributed by atoms with Gasteiger partial charge < -0.3 is 4.98 Å². The van der Waals surface area contributed by atoms with E-state index >= 15 is 0 Å². The van der Waals surface area contributed by atoms with Crippen LogP contribution >= 0.6 is 0 Å². The van der Waals surface area contributed by atoms with Crippen LogP contribution in [0.2, 0.25) is 0 Å². The number of hydrogen-bond donors (Lipinski definition) is 1. The van der Waals surface area contributed by atoms with Crippen LogP contribution in [0.15, 0.2) is 18.7 Å². The maximum Gasteiger partial charge on any atom is 0.0919 e. The number of nitrogens with zero attached hydrogens (tertiary/aromatic N) is 1. The van der Waals surface area contributed by atoms with Gasteiger partial charge in [-0.3, -0.25) is 0 Å². The topological polar surface area (TPSA) is 28.7 Å². The Morgan fingerprint density at radius 3 is 2.14 bits per heavy atom. The van der Waals surface area contributed by atoms with E-state index in [1.807, 2.05) is 0 Å². The van der Waals surface area contributed by atoms with Gasteiger partial charge in [-0.05, 0) is 0 Å². The van der Waals surface area contributed by atoms with Crippen LogP contribution in [0.3, 0.4) is 0 Å². The molecule has 0 unspecified atom stereocenters. The monoisotopic (exact) mass is 196 g/mol. The summed E-state index contributed by atoms with van der Waals surface area (Å²) in [6.07, 6.45) is 5.08. The minimum Gasteiger partial charge on any atom is -0.351 e. The van der Waals surface area contributed by atoms with Gasteiger partial charge in [0, 0.05) is 51.3 Å². The van der Waals surface area contributed by atoms with Crippen LogP contribution < -0.4 is 0 Å². The Kier molecular flexibility index (Phi) is 9.63. The van der Waals surface area contributed by atoms with Crippen LogP contribution in [0.5, 0.6) is 0 Å². The number of rotatable bonds is 0. The molecule has 0 aliphatic rings. The van der Waals surface area contributed by atoms with Gasteiger partial charge in [-0.15, -0.1) is 0 Å². The predicted molar refractivity (Wildman–Crippen MR) is 18.6 cm³/mol. The predicted octanol–water partition coefficient (Wildman–Crippen LogP) is 0.405. The molecule has 0 bridgehead atoms. The molecular weight excluding hydrogens is 195 g/mol. The van der Waals surface area contributed by atoms with E-state index in [0.29, 0.717) is 0 Å². The van der Waals surface area contributed by atoms with Crippen LogP contribution in [0.1, 0.15) is 0 Å². The number of imidazole rings is 1. The molecule has 30 valence electrons. The third-order valence-corrected chi connectivity index (χ3v) is 0.406. The van der Waals surface area contributed by atoms with E-state index in [4.69, 9.17) is 0 Å². The fourth-order valence-electron chi connectivity index (χ4n) is 0.215. The Morgan fingerprint density at radius 1 is 1.29 bits per heavy atom. The molecule has 0 fully saturated rings. The van der Waals surface area contributed by atoms with E-state index in [2.05, 4.69) is 9.97 Å². The Hall–Kier alpha value is 0.457. The third-order valence-electron chi connectivity index (χ3n) is 0.406. The SMILES string of the molecule is [Zn].[Zn].c1c[nH]cn1. The second-order valence-corrected chi connectivity index (χ2v) is 0.761. The molecule has 1 N–H and O–H groups in total. The fourth-order valence-corrected chi connectivity index (χ4v) is 0.215. The van der Waals surface area contributed by atoms with E-state index in [0.717, 1.165) is 0 Å². The standard InChI is InChI=1S/C3H4N2.2Zn/c1-2-5-3-4-1;;/h1-3H,(H,4,5);;. The summed E-state index contributed by atoms with van der Waals surface area (Å²) in [6.45, 7) is 0. The molecule has 0 radical (unpaired) electrons. The van der Waals surface area contributed by atoms with Gasteiger partial charge in [-0.25, -0.2) is 4.98 Å². The largest absolute Gasteiger partial charge is 0.351 e. The minimum absolute atomic E-state index is 0. The number of aromatic nitrogens is 2. The summed E-state index contributed by atoms with van der Waals surface area (Å²) in [5, 5.41) is 0. The summed E-state index contributed by atoms with van der Waals surface area (Å²) in [6, 6.07) is 0. The van der Waals surface area contributed by atoms with E-state index < -0.39 is 0 Å². The summed E-state index contributed by atoms with van der Waals surface area (Å²) in [4.78, 5) is 6.42. The molecule has 0 aliphatic carbocycles. The van der Waals surface area contributed by atoms with Crippen molar-refractivity contribution in [3.8, 4) is 0 Å². The van der Waals surface area contributed by atoms with Crippen LogP contribution in [0, 0.1) is 0 Å². The normalized spacial score (nSPS) is 5.71. The van der Waals surface area contributed by atoms with Gasteiger partial charge in [0.05, 0.1) is 6.33 Å². The molecule has 0 aromatic carbocycles. The maximum absolute atomic E-state index is 3.67. The third kappa shape index (κ3) is 4.31. The van der Waals surface area contributed by atoms with Crippen molar-refractivity contribution in [1.82, 2.24) is 9.97 Å². The molecule has 0 spiro atoms. The van der Waals surface area contributed by atoms with Crippen molar-refractivity contribution in [3.05, 3.63) is 18.7 Å². The fraction of sp³-hybridized carbons (Fsp3) is 0. The van der Waals surface area contributed by atoms with Crippen molar-refractivity contribution in [2.75, 3.05) is 0 Å². The van der Waals surface area contributed by atoms with Gasteiger partial charge in [0.2, 0.25) is 0 Å². The second-order valence-electron chi connectivity index (χ2n) is 0.761. The van der Waals surface area contributed by atoms with Gasteiger partial charge in [0.1, 0.15) is 0 Å². The van der Waals surface area contributed by atoms with E-state index in [1.165, 1.54) is 0 Å². The first-order valence-electron chi connectivity index (χ1n) is 1.43. The smallest absolute Gasteiger partial charge is 0.0919 e. The summed E-state index contributed by atoms with van der Waals surface area (Å²) < 4.78 is 0. The van der Waals surface area contributed by atoms with Crippen LogP contribution in [0.25, 0.3) is 0 Å². The van der Waals surface area contributed by atoms with E-state index in [-0.39, 0.29) is 39.0 Å².